The molecule has 1 saturated heterocycles. The summed E-state index contributed by atoms with van der Waals surface area (Å²) in [6.07, 6.45) is 5.18. The van der Waals surface area contributed by atoms with Crippen LogP contribution in [0.15, 0.2) is 0 Å². The van der Waals surface area contributed by atoms with Crippen molar-refractivity contribution in [3.05, 3.63) is 0 Å². The predicted molar refractivity (Wildman–Crippen MR) is 59.6 cm³/mol. The Labute approximate surface area is 91.6 Å². The Kier molecular flexibility index (Phi) is 6.36. The molecule has 1 aliphatic rings. The highest BCUT2D eigenvalue weighted by Gasteiger charge is 2.14. The van der Waals surface area contributed by atoms with E-state index in [9.17, 15) is 4.79 Å². The SMILES string of the molecule is O=C1CNCCCN1CCCCCCO. The zero-order chi connectivity index (χ0) is 10.9. The molecular formula is C11H22N2O2. The average Bonchev–Trinajstić information content (AvgIpc) is 2.44. The molecule has 0 aliphatic carbocycles. The van der Waals surface area contributed by atoms with Gasteiger partial charge in [0.1, 0.15) is 0 Å². The summed E-state index contributed by atoms with van der Waals surface area (Å²) in [5.41, 5.74) is 0. The van der Waals surface area contributed by atoms with Crippen LogP contribution in [0, 0.1) is 0 Å². The number of hydrogen-bond donors (Lipinski definition) is 2. The molecule has 0 saturated carbocycles. The second kappa shape index (κ2) is 7.65. The van der Waals surface area contributed by atoms with Crippen LogP contribution < -0.4 is 5.32 Å². The van der Waals surface area contributed by atoms with Crippen molar-refractivity contribution in [2.75, 3.05) is 32.8 Å². The zero-order valence-electron chi connectivity index (χ0n) is 9.37. The van der Waals surface area contributed by atoms with Gasteiger partial charge in [-0.2, -0.15) is 0 Å². The van der Waals surface area contributed by atoms with Crippen LogP contribution in [-0.4, -0.2) is 48.7 Å². The van der Waals surface area contributed by atoms with E-state index in [1.165, 1.54) is 0 Å². The second-order valence-electron chi connectivity index (χ2n) is 4.05. The molecule has 1 rings (SSSR count). The Morgan fingerprint density at radius 2 is 2.07 bits per heavy atom. The summed E-state index contributed by atoms with van der Waals surface area (Å²) >= 11 is 0. The number of aliphatic hydroxyl groups is 1. The van der Waals surface area contributed by atoms with Crippen LogP contribution >= 0.6 is 0 Å². The van der Waals surface area contributed by atoms with Gasteiger partial charge in [-0.3, -0.25) is 4.79 Å². The van der Waals surface area contributed by atoms with Crippen LogP contribution in [0.5, 0.6) is 0 Å². The van der Waals surface area contributed by atoms with Gasteiger partial charge in [-0.05, 0) is 25.8 Å². The maximum absolute atomic E-state index is 11.6. The molecule has 2 N–H and O–H groups in total. The van der Waals surface area contributed by atoms with Gasteiger partial charge < -0.3 is 15.3 Å². The standard InChI is InChI=1S/C11H22N2O2/c14-9-4-2-1-3-7-13-8-5-6-12-10-11(13)15/h12,14H,1-10H2. The molecule has 0 bridgehead atoms. The van der Waals surface area contributed by atoms with Gasteiger partial charge in [0.25, 0.3) is 0 Å². The fourth-order valence-electron chi connectivity index (χ4n) is 1.83. The Morgan fingerprint density at radius 3 is 2.87 bits per heavy atom. The van der Waals surface area contributed by atoms with E-state index >= 15 is 0 Å². The van der Waals surface area contributed by atoms with E-state index in [1.807, 2.05) is 4.90 Å². The zero-order valence-corrected chi connectivity index (χ0v) is 9.37. The molecule has 4 nitrogen and oxygen atoms in total. The van der Waals surface area contributed by atoms with Crippen molar-refractivity contribution in [2.45, 2.75) is 32.1 Å². The number of carbonyl (C=O) groups is 1. The minimum atomic E-state index is 0.231. The van der Waals surface area contributed by atoms with Gasteiger partial charge >= 0.3 is 0 Å². The first kappa shape index (κ1) is 12.5. The Bertz CT molecular complexity index is 185. The molecule has 1 amide bonds. The largest absolute Gasteiger partial charge is 0.396 e. The number of nitrogens with zero attached hydrogens (tertiary/aromatic N) is 1. The molecule has 0 radical (unpaired) electrons. The molecule has 0 aromatic carbocycles. The molecule has 0 spiro atoms. The summed E-state index contributed by atoms with van der Waals surface area (Å²) in [5.74, 6) is 0.231. The van der Waals surface area contributed by atoms with Crippen LogP contribution in [0.25, 0.3) is 0 Å². The number of aliphatic hydroxyl groups excluding tert-OH is 1. The van der Waals surface area contributed by atoms with Crippen LogP contribution in [0.2, 0.25) is 0 Å². The highest BCUT2D eigenvalue weighted by Crippen LogP contribution is 2.03. The lowest BCUT2D eigenvalue weighted by atomic mass is 10.2. The van der Waals surface area contributed by atoms with Crippen LogP contribution in [-0.2, 0) is 4.79 Å². The fraction of sp³-hybridized carbons (Fsp3) is 0.909. The van der Waals surface area contributed by atoms with E-state index in [0.717, 1.165) is 51.7 Å². The van der Waals surface area contributed by atoms with E-state index in [2.05, 4.69) is 5.32 Å². The number of carbonyl (C=O) groups excluding carboxylic acids is 1. The van der Waals surface area contributed by atoms with Gasteiger partial charge in [0.05, 0.1) is 6.54 Å². The second-order valence-corrected chi connectivity index (χ2v) is 4.05. The number of amides is 1. The molecule has 0 aromatic heterocycles. The lowest BCUT2D eigenvalue weighted by Gasteiger charge is -2.19. The van der Waals surface area contributed by atoms with Crippen LogP contribution in [0.4, 0.5) is 0 Å². The van der Waals surface area contributed by atoms with Crippen molar-refractivity contribution in [3.63, 3.8) is 0 Å². The summed E-state index contributed by atoms with van der Waals surface area (Å²) in [6, 6.07) is 0. The summed E-state index contributed by atoms with van der Waals surface area (Å²) < 4.78 is 0. The van der Waals surface area contributed by atoms with Crippen LogP contribution in [0.1, 0.15) is 32.1 Å². The topological polar surface area (TPSA) is 52.6 Å². The third kappa shape index (κ3) is 5.14. The number of unbranched alkanes of at least 4 members (excludes halogenated alkanes) is 3. The summed E-state index contributed by atoms with van der Waals surface area (Å²) in [4.78, 5) is 13.5. The third-order valence-corrected chi connectivity index (χ3v) is 2.75. The average molecular weight is 214 g/mol. The Balaban J connectivity index is 2.10. The van der Waals surface area contributed by atoms with Crippen molar-refractivity contribution in [3.8, 4) is 0 Å². The minimum Gasteiger partial charge on any atom is -0.396 e. The van der Waals surface area contributed by atoms with E-state index in [1.54, 1.807) is 0 Å². The molecule has 1 heterocycles. The molecule has 15 heavy (non-hydrogen) atoms. The van der Waals surface area contributed by atoms with Gasteiger partial charge in [-0.1, -0.05) is 12.8 Å². The Hall–Kier alpha value is -0.610. The normalized spacial score (nSPS) is 17.9. The van der Waals surface area contributed by atoms with Gasteiger partial charge in [0, 0.05) is 19.7 Å². The molecule has 0 aromatic rings. The molecule has 88 valence electrons. The maximum Gasteiger partial charge on any atom is 0.236 e. The first-order chi connectivity index (χ1) is 7.34. The lowest BCUT2D eigenvalue weighted by molar-refractivity contribution is -0.129. The van der Waals surface area contributed by atoms with E-state index < -0.39 is 0 Å². The fourth-order valence-corrected chi connectivity index (χ4v) is 1.83. The lowest BCUT2D eigenvalue weighted by Crippen LogP contribution is -2.35. The van der Waals surface area contributed by atoms with Gasteiger partial charge in [0.15, 0.2) is 0 Å². The van der Waals surface area contributed by atoms with E-state index in [-0.39, 0.29) is 12.5 Å². The monoisotopic (exact) mass is 214 g/mol. The molecular weight excluding hydrogens is 192 g/mol. The molecule has 1 fully saturated rings. The number of hydrogen-bond acceptors (Lipinski definition) is 3. The highest BCUT2D eigenvalue weighted by molar-refractivity contribution is 5.78. The summed E-state index contributed by atoms with van der Waals surface area (Å²) in [5, 5.41) is 11.7. The Morgan fingerprint density at radius 1 is 1.27 bits per heavy atom. The highest BCUT2D eigenvalue weighted by atomic mass is 16.2. The van der Waals surface area contributed by atoms with Crippen molar-refractivity contribution in [1.29, 1.82) is 0 Å². The van der Waals surface area contributed by atoms with Crippen molar-refractivity contribution in [2.24, 2.45) is 0 Å². The molecule has 0 atom stereocenters. The van der Waals surface area contributed by atoms with Crippen molar-refractivity contribution < 1.29 is 9.90 Å². The van der Waals surface area contributed by atoms with Crippen LogP contribution in [0.3, 0.4) is 0 Å². The number of rotatable bonds is 6. The predicted octanol–water partition coefficient (Wildman–Crippen LogP) is 0.361. The van der Waals surface area contributed by atoms with Gasteiger partial charge in [-0.25, -0.2) is 0 Å². The van der Waals surface area contributed by atoms with Crippen molar-refractivity contribution >= 4 is 5.91 Å². The van der Waals surface area contributed by atoms with Gasteiger partial charge in [-0.15, -0.1) is 0 Å². The molecule has 1 aliphatic heterocycles. The summed E-state index contributed by atoms with van der Waals surface area (Å²) in [7, 11) is 0. The molecule has 4 heteroatoms. The quantitative estimate of drug-likeness (QED) is 0.628. The van der Waals surface area contributed by atoms with Gasteiger partial charge in [0.2, 0.25) is 5.91 Å². The first-order valence-corrected chi connectivity index (χ1v) is 5.94. The number of nitrogens with one attached hydrogen (secondary N) is 1. The first-order valence-electron chi connectivity index (χ1n) is 5.94. The third-order valence-electron chi connectivity index (χ3n) is 2.75. The molecule has 0 unspecified atom stereocenters. The van der Waals surface area contributed by atoms with Crippen molar-refractivity contribution in [1.82, 2.24) is 10.2 Å². The van der Waals surface area contributed by atoms with E-state index in [4.69, 9.17) is 5.11 Å². The minimum absolute atomic E-state index is 0.231. The summed E-state index contributed by atoms with van der Waals surface area (Å²) in [6.45, 7) is 3.51. The smallest absolute Gasteiger partial charge is 0.236 e. The van der Waals surface area contributed by atoms with E-state index in [0.29, 0.717) is 6.54 Å². The maximum atomic E-state index is 11.6.